The monoisotopic (exact) mass is 247 g/mol. The molecule has 1 aliphatic rings. The lowest BCUT2D eigenvalue weighted by atomic mass is 10.2. The predicted octanol–water partition coefficient (Wildman–Crippen LogP) is 2.77. The van der Waals surface area contributed by atoms with E-state index in [1.807, 2.05) is 36.1 Å². The second-order valence-corrected chi connectivity index (χ2v) is 4.90. The molecule has 0 aliphatic carbocycles. The van der Waals surface area contributed by atoms with Gasteiger partial charge in [0.05, 0.1) is 0 Å². The molecule has 0 radical (unpaired) electrons. The Morgan fingerprint density at radius 3 is 3.06 bits per heavy atom. The lowest BCUT2D eigenvalue weighted by molar-refractivity contribution is -0.134. The summed E-state index contributed by atoms with van der Waals surface area (Å²) in [5, 5.41) is 0. The molecule has 3 nitrogen and oxygen atoms in total. The number of ether oxygens (including phenoxy) is 1. The summed E-state index contributed by atoms with van der Waals surface area (Å²) in [6.07, 6.45) is 3.29. The number of nitrogens with zero attached hydrogens (tertiary/aromatic N) is 1. The molecule has 1 heterocycles. The summed E-state index contributed by atoms with van der Waals surface area (Å²) in [5.41, 5.74) is 1.15. The molecule has 2 rings (SSSR count). The third-order valence-corrected chi connectivity index (χ3v) is 3.52. The molecule has 0 N–H and O–H groups in total. The highest BCUT2D eigenvalue weighted by Crippen LogP contribution is 2.20. The summed E-state index contributed by atoms with van der Waals surface area (Å²) < 4.78 is 5.56. The molecule has 1 fully saturated rings. The Morgan fingerprint density at radius 2 is 2.33 bits per heavy atom. The van der Waals surface area contributed by atoms with E-state index in [1.54, 1.807) is 0 Å². The minimum Gasteiger partial charge on any atom is -0.484 e. The van der Waals surface area contributed by atoms with Crippen molar-refractivity contribution in [1.82, 2.24) is 4.90 Å². The number of hydrogen-bond donors (Lipinski definition) is 0. The molecule has 1 aromatic rings. The predicted molar refractivity (Wildman–Crippen MR) is 71.7 cm³/mol. The van der Waals surface area contributed by atoms with Crippen LogP contribution in [0.25, 0.3) is 0 Å². The van der Waals surface area contributed by atoms with Crippen LogP contribution in [0.3, 0.4) is 0 Å². The molecule has 1 amide bonds. The van der Waals surface area contributed by atoms with Crippen molar-refractivity contribution in [3.05, 3.63) is 29.8 Å². The molecule has 3 heteroatoms. The van der Waals surface area contributed by atoms with E-state index >= 15 is 0 Å². The minimum absolute atomic E-state index is 0.112. The van der Waals surface area contributed by atoms with E-state index in [0.717, 1.165) is 37.1 Å². The Balaban J connectivity index is 1.88. The fourth-order valence-electron chi connectivity index (χ4n) is 2.52. The van der Waals surface area contributed by atoms with Crippen molar-refractivity contribution in [2.45, 2.75) is 39.2 Å². The quantitative estimate of drug-likeness (QED) is 0.818. The molecule has 0 saturated carbocycles. The largest absolute Gasteiger partial charge is 0.484 e. The smallest absolute Gasteiger partial charge is 0.260 e. The van der Waals surface area contributed by atoms with Crippen molar-refractivity contribution in [2.75, 3.05) is 13.2 Å². The molecule has 1 atom stereocenters. The molecule has 1 aliphatic heterocycles. The maximum atomic E-state index is 12.1. The summed E-state index contributed by atoms with van der Waals surface area (Å²) in [5.74, 6) is 0.886. The molecule has 0 bridgehead atoms. The summed E-state index contributed by atoms with van der Waals surface area (Å²) in [6, 6.07) is 8.22. The number of aryl methyl sites for hydroxylation is 1. The zero-order valence-electron chi connectivity index (χ0n) is 11.2. The molecule has 18 heavy (non-hydrogen) atoms. The van der Waals surface area contributed by atoms with Crippen LogP contribution in [0.5, 0.6) is 5.75 Å². The van der Waals surface area contributed by atoms with Crippen LogP contribution in [0, 0.1) is 6.92 Å². The average molecular weight is 247 g/mol. The SMILES string of the molecule is CCC1CCCN1C(=O)COc1cccc(C)c1. The lowest BCUT2D eigenvalue weighted by Crippen LogP contribution is -2.38. The van der Waals surface area contributed by atoms with Crippen LogP contribution in [0.4, 0.5) is 0 Å². The Bertz CT molecular complexity index is 417. The van der Waals surface area contributed by atoms with Crippen LogP contribution in [-0.4, -0.2) is 30.0 Å². The van der Waals surface area contributed by atoms with Gasteiger partial charge in [-0.2, -0.15) is 0 Å². The maximum Gasteiger partial charge on any atom is 0.260 e. The summed E-state index contributed by atoms with van der Waals surface area (Å²) in [7, 11) is 0. The number of hydrogen-bond acceptors (Lipinski definition) is 2. The number of carbonyl (C=O) groups is 1. The van der Waals surface area contributed by atoms with Gasteiger partial charge in [0.1, 0.15) is 5.75 Å². The first-order valence-corrected chi connectivity index (χ1v) is 6.69. The van der Waals surface area contributed by atoms with E-state index in [1.165, 1.54) is 0 Å². The first kappa shape index (κ1) is 12.9. The fraction of sp³-hybridized carbons (Fsp3) is 0.533. The van der Waals surface area contributed by atoms with E-state index in [2.05, 4.69) is 6.92 Å². The molecule has 0 aromatic heterocycles. The van der Waals surface area contributed by atoms with Crippen molar-refractivity contribution in [2.24, 2.45) is 0 Å². The average Bonchev–Trinajstić information content (AvgIpc) is 2.84. The van der Waals surface area contributed by atoms with Crippen LogP contribution < -0.4 is 4.74 Å². The molecule has 0 spiro atoms. The van der Waals surface area contributed by atoms with Gasteiger partial charge in [-0.15, -0.1) is 0 Å². The van der Waals surface area contributed by atoms with Crippen LogP contribution in [-0.2, 0) is 4.79 Å². The summed E-state index contributed by atoms with van der Waals surface area (Å²) >= 11 is 0. The topological polar surface area (TPSA) is 29.5 Å². The van der Waals surface area contributed by atoms with Crippen molar-refractivity contribution < 1.29 is 9.53 Å². The number of benzene rings is 1. The van der Waals surface area contributed by atoms with Crippen LogP contribution in [0.15, 0.2) is 24.3 Å². The maximum absolute atomic E-state index is 12.1. The van der Waals surface area contributed by atoms with E-state index in [9.17, 15) is 4.79 Å². The van der Waals surface area contributed by atoms with E-state index in [-0.39, 0.29) is 12.5 Å². The van der Waals surface area contributed by atoms with Crippen LogP contribution >= 0.6 is 0 Å². The highest BCUT2D eigenvalue weighted by atomic mass is 16.5. The van der Waals surface area contributed by atoms with Gasteiger partial charge in [0.25, 0.3) is 5.91 Å². The Kier molecular flexibility index (Phi) is 4.24. The number of amides is 1. The number of rotatable bonds is 4. The minimum atomic E-state index is 0.112. The Morgan fingerprint density at radius 1 is 1.50 bits per heavy atom. The van der Waals surface area contributed by atoms with Crippen molar-refractivity contribution in [1.29, 1.82) is 0 Å². The van der Waals surface area contributed by atoms with E-state index in [0.29, 0.717) is 6.04 Å². The van der Waals surface area contributed by atoms with Gasteiger partial charge >= 0.3 is 0 Å². The van der Waals surface area contributed by atoms with Gasteiger partial charge in [-0.3, -0.25) is 4.79 Å². The van der Waals surface area contributed by atoms with Crippen molar-refractivity contribution in [3.8, 4) is 5.75 Å². The van der Waals surface area contributed by atoms with Gasteiger partial charge in [0.2, 0.25) is 0 Å². The van der Waals surface area contributed by atoms with Gasteiger partial charge in [-0.1, -0.05) is 19.1 Å². The molecule has 98 valence electrons. The van der Waals surface area contributed by atoms with Gasteiger partial charge in [0, 0.05) is 12.6 Å². The second-order valence-electron chi connectivity index (χ2n) is 4.90. The van der Waals surface area contributed by atoms with Gasteiger partial charge in [-0.05, 0) is 43.9 Å². The third-order valence-electron chi connectivity index (χ3n) is 3.52. The number of likely N-dealkylation sites (tertiary alicyclic amines) is 1. The van der Waals surface area contributed by atoms with Gasteiger partial charge in [-0.25, -0.2) is 0 Å². The standard InChI is InChI=1S/C15H21NO2/c1-3-13-7-5-9-16(13)15(17)11-18-14-8-4-6-12(2)10-14/h4,6,8,10,13H,3,5,7,9,11H2,1-2H3. The first-order valence-electron chi connectivity index (χ1n) is 6.69. The number of carbonyl (C=O) groups excluding carboxylic acids is 1. The zero-order valence-corrected chi connectivity index (χ0v) is 11.2. The lowest BCUT2D eigenvalue weighted by Gasteiger charge is -2.23. The Labute approximate surface area is 109 Å². The van der Waals surface area contributed by atoms with Crippen molar-refractivity contribution >= 4 is 5.91 Å². The van der Waals surface area contributed by atoms with Crippen LogP contribution in [0.2, 0.25) is 0 Å². The highest BCUT2D eigenvalue weighted by molar-refractivity contribution is 5.78. The van der Waals surface area contributed by atoms with Gasteiger partial charge < -0.3 is 9.64 Å². The van der Waals surface area contributed by atoms with E-state index < -0.39 is 0 Å². The van der Waals surface area contributed by atoms with Crippen molar-refractivity contribution in [3.63, 3.8) is 0 Å². The zero-order chi connectivity index (χ0) is 13.0. The second kappa shape index (κ2) is 5.89. The molecular formula is C15H21NO2. The molecular weight excluding hydrogens is 226 g/mol. The summed E-state index contributed by atoms with van der Waals surface area (Å²) in [4.78, 5) is 14.0. The molecule has 1 unspecified atom stereocenters. The van der Waals surface area contributed by atoms with Gasteiger partial charge in [0.15, 0.2) is 6.61 Å². The van der Waals surface area contributed by atoms with E-state index in [4.69, 9.17) is 4.74 Å². The third kappa shape index (κ3) is 3.03. The Hall–Kier alpha value is -1.51. The highest BCUT2D eigenvalue weighted by Gasteiger charge is 2.27. The normalized spacial score (nSPS) is 19.0. The fourth-order valence-corrected chi connectivity index (χ4v) is 2.52. The summed E-state index contributed by atoms with van der Waals surface area (Å²) in [6.45, 7) is 5.19. The van der Waals surface area contributed by atoms with Crippen LogP contribution in [0.1, 0.15) is 31.7 Å². The molecule has 1 aromatic carbocycles. The molecule has 1 saturated heterocycles. The first-order chi connectivity index (χ1) is 8.70.